The van der Waals surface area contributed by atoms with Gasteiger partial charge in [-0.3, -0.25) is 10.2 Å². The average molecular weight is 443 g/mol. The van der Waals surface area contributed by atoms with Crippen molar-refractivity contribution in [2.45, 2.75) is 6.10 Å². The van der Waals surface area contributed by atoms with Crippen molar-refractivity contribution >= 4 is 17.7 Å². The largest absolute Gasteiger partial charge is 0.482 e. The summed E-state index contributed by atoms with van der Waals surface area (Å²) in [6, 6.07) is 13.7. The Morgan fingerprint density at radius 1 is 1.06 bits per heavy atom. The van der Waals surface area contributed by atoms with E-state index in [-0.39, 0.29) is 31.0 Å². The molecule has 0 fully saturated rings. The zero-order valence-electron chi connectivity index (χ0n) is 18.6. The van der Waals surface area contributed by atoms with Crippen molar-refractivity contribution in [3.8, 4) is 5.75 Å². The molecule has 0 heterocycles. The van der Waals surface area contributed by atoms with Crippen LogP contribution in [0.5, 0.6) is 5.75 Å². The third-order valence-electron chi connectivity index (χ3n) is 4.60. The summed E-state index contributed by atoms with van der Waals surface area (Å²) < 4.78 is 15.9. The number of nitrogens with one attached hydrogen (secondary N) is 2. The zero-order chi connectivity index (χ0) is 23.5. The summed E-state index contributed by atoms with van der Waals surface area (Å²) in [7, 11) is 5.22. The highest BCUT2D eigenvalue weighted by Crippen LogP contribution is 2.21. The number of hydrogen-bond acceptors (Lipinski definition) is 7. The molecule has 0 saturated heterocycles. The number of benzene rings is 2. The maximum Gasteiger partial charge on any atom is 0.343 e. The number of nitrogen functional groups attached to an aromatic ring is 1. The number of methoxy groups -OCH3 is 1. The predicted molar refractivity (Wildman–Crippen MR) is 121 cm³/mol. The molecular weight excluding hydrogens is 412 g/mol. The van der Waals surface area contributed by atoms with Crippen LogP contribution in [0.3, 0.4) is 0 Å². The summed E-state index contributed by atoms with van der Waals surface area (Å²) >= 11 is 0. The summed E-state index contributed by atoms with van der Waals surface area (Å²) in [5, 5.41) is 10.3. The van der Waals surface area contributed by atoms with E-state index < -0.39 is 5.97 Å². The second-order valence-corrected chi connectivity index (χ2v) is 7.30. The van der Waals surface area contributed by atoms with Crippen LogP contribution in [0.4, 0.5) is 0 Å². The molecule has 0 spiro atoms. The van der Waals surface area contributed by atoms with Crippen LogP contribution in [0, 0.1) is 5.41 Å². The van der Waals surface area contributed by atoms with Crippen LogP contribution in [0.2, 0.25) is 0 Å². The third-order valence-corrected chi connectivity index (χ3v) is 4.60. The van der Waals surface area contributed by atoms with Crippen LogP contribution >= 0.6 is 0 Å². The van der Waals surface area contributed by atoms with Gasteiger partial charge in [-0.05, 0) is 43.9 Å². The molecule has 172 valence electrons. The van der Waals surface area contributed by atoms with E-state index in [9.17, 15) is 9.59 Å². The molecule has 9 heteroatoms. The predicted octanol–water partition coefficient (Wildman–Crippen LogP) is 1.57. The fraction of sp³-hybridized carbons (Fsp3) is 0.348. The van der Waals surface area contributed by atoms with Gasteiger partial charge < -0.3 is 30.2 Å². The van der Waals surface area contributed by atoms with E-state index in [0.29, 0.717) is 23.5 Å². The molecule has 0 saturated carbocycles. The molecule has 1 amide bonds. The molecule has 4 N–H and O–H groups in total. The van der Waals surface area contributed by atoms with Crippen LogP contribution in [-0.2, 0) is 14.3 Å². The Kier molecular flexibility index (Phi) is 9.65. The number of hydrogen-bond donors (Lipinski definition) is 3. The highest BCUT2D eigenvalue weighted by Gasteiger charge is 2.15. The molecule has 1 unspecified atom stereocenters. The Hall–Kier alpha value is -3.43. The smallest absolute Gasteiger partial charge is 0.343 e. The standard InChI is InChI=1S/C23H30N4O5/c1-27(2)12-13-31-20(16-8-10-19(11-9-16)32-15-21(28)30-3)14-26-23(29)18-6-4-17(5-7-18)22(24)25/h4-11,20H,12-15H2,1-3H3,(H3,24,25)(H,26,29). The summed E-state index contributed by atoms with van der Waals surface area (Å²) in [5.41, 5.74) is 7.34. The van der Waals surface area contributed by atoms with E-state index in [1.165, 1.54) is 7.11 Å². The van der Waals surface area contributed by atoms with E-state index in [1.54, 1.807) is 36.4 Å². The van der Waals surface area contributed by atoms with Gasteiger partial charge in [0.1, 0.15) is 11.6 Å². The highest BCUT2D eigenvalue weighted by atomic mass is 16.6. The molecule has 0 radical (unpaired) electrons. The normalized spacial score (nSPS) is 11.6. The van der Waals surface area contributed by atoms with Crippen LogP contribution in [0.25, 0.3) is 0 Å². The van der Waals surface area contributed by atoms with Gasteiger partial charge >= 0.3 is 5.97 Å². The highest BCUT2D eigenvalue weighted by molar-refractivity contribution is 5.98. The number of amidine groups is 1. The van der Waals surface area contributed by atoms with E-state index in [1.807, 2.05) is 31.1 Å². The lowest BCUT2D eigenvalue weighted by Crippen LogP contribution is -2.30. The van der Waals surface area contributed by atoms with E-state index in [2.05, 4.69) is 10.1 Å². The second kappa shape index (κ2) is 12.4. The molecular formula is C23H30N4O5. The quantitative estimate of drug-likeness (QED) is 0.259. The maximum atomic E-state index is 12.6. The number of ether oxygens (including phenoxy) is 3. The number of likely N-dealkylation sites (N-methyl/N-ethyl adjacent to an activating group) is 1. The Balaban J connectivity index is 2.03. The van der Waals surface area contributed by atoms with Gasteiger partial charge in [-0.25, -0.2) is 4.79 Å². The number of carbonyl (C=O) groups is 2. The monoisotopic (exact) mass is 442 g/mol. The van der Waals surface area contributed by atoms with Gasteiger partial charge in [0, 0.05) is 24.2 Å². The molecule has 0 aliphatic carbocycles. The van der Waals surface area contributed by atoms with Crippen molar-refractivity contribution in [3.05, 3.63) is 65.2 Å². The van der Waals surface area contributed by atoms with Gasteiger partial charge in [-0.2, -0.15) is 0 Å². The van der Waals surface area contributed by atoms with Crippen LogP contribution in [0.15, 0.2) is 48.5 Å². The first-order valence-corrected chi connectivity index (χ1v) is 10.1. The molecule has 2 aromatic carbocycles. The molecule has 32 heavy (non-hydrogen) atoms. The van der Waals surface area contributed by atoms with E-state index in [4.69, 9.17) is 20.6 Å². The fourth-order valence-corrected chi connectivity index (χ4v) is 2.72. The lowest BCUT2D eigenvalue weighted by atomic mass is 10.1. The second-order valence-electron chi connectivity index (χ2n) is 7.30. The van der Waals surface area contributed by atoms with Crippen molar-refractivity contribution in [1.29, 1.82) is 5.41 Å². The number of rotatable bonds is 12. The summed E-state index contributed by atoms with van der Waals surface area (Å²) in [6.45, 7) is 1.32. The molecule has 1 atom stereocenters. The topological polar surface area (TPSA) is 127 Å². The minimum absolute atomic E-state index is 0.0506. The molecule has 0 aliphatic rings. The molecule has 2 aromatic rings. The minimum Gasteiger partial charge on any atom is -0.482 e. The van der Waals surface area contributed by atoms with Crippen molar-refractivity contribution in [2.75, 3.05) is 47.5 Å². The number of nitrogens with two attached hydrogens (primary N) is 1. The van der Waals surface area contributed by atoms with Gasteiger partial charge in [0.25, 0.3) is 5.91 Å². The van der Waals surface area contributed by atoms with Crippen LogP contribution < -0.4 is 15.8 Å². The molecule has 0 bridgehead atoms. The van der Waals surface area contributed by atoms with Crippen molar-refractivity contribution in [3.63, 3.8) is 0 Å². The number of nitrogens with zero attached hydrogens (tertiary/aromatic N) is 1. The van der Waals surface area contributed by atoms with Crippen LogP contribution in [0.1, 0.15) is 27.6 Å². The average Bonchev–Trinajstić information content (AvgIpc) is 2.79. The molecule has 2 rings (SSSR count). The first kappa shape index (κ1) is 24.8. The van der Waals surface area contributed by atoms with E-state index >= 15 is 0 Å². The summed E-state index contributed by atoms with van der Waals surface area (Å²) in [4.78, 5) is 25.8. The first-order chi connectivity index (χ1) is 15.3. The van der Waals surface area contributed by atoms with Gasteiger partial charge in [-0.1, -0.05) is 24.3 Å². The van der Waals surface area contributed by atoms with Crippen molar-refractivity contribution in [2.24, 2.45) is 5.73 Å². The lowest BCUT2D eigenvalue weighted by Gasteiger charge is -2.21. The fourth-order valence-electron chi connectivity index (χ4n) is 2.72. The van der Waals surface area contributed by atoms with Crippen LogP contribution in [-0.4, -0.2) is 70.1 Å². The molecule has 0 aliphatic heterocycles. The Morgan fingerprint density at radius 3 is 2.25 bits per heavy atom. The Morgan fingerprint density at radius 2 is 1.69 bits per heavy atom. The van der Waals surface area contributed by atoms with Crippen molar-refractivity contribution < 1.29 is 23.8 Å². The Bertz CT molecular complexity index is 898. The van der Waals surface area contributed by atoms with Crippen molar-refractivity contribution in [1.82, 2.24) is 10.2 Å². The Labute approximate surface area is 188 Å². The lowest BCUT2D eigenvalue weighted by molar-refractivity contribution is -0.142. The van der Waals surface area contributed by atoms with Gasteiger partial charge in [0.15, 0.2) is 6.61 Å². The summed E-state index contributed by atoms with van der Waals surface area (Å²) in [5.74, 6) is -0.233. The first-order valence-electron chi connectivity index (χ1n) is 10.1. The number of carbonyl (C=O) groups excluding carboxylic acids is 2. The van der Waals surface area contributed by atoms with Gasteiger partial charge in [0.2, 0.25) is 0 Å². The third kappa shape index (κ3) is 8.01. The summed E-state index contributed by atoms with van der Waals surface area (Å²) in [6.07, 6.45) is -0.370. The number of esters is 1. The SMILES string of the molecule is COC(=O)COc1ccc(C(CNC(=O)c2ccc(C(=N)N)cc2)OCCN(C)C)cc1. The molecule has 9 nitrogen and oxygen atoms in total. The van der Waals surface area contributed by atoms with Gasteiger partial charge in [0.05, 0.1) is 19.8 Å². The maximum absolute atomic E-state index is 12.6. The molecule has 0 aromatic heterocycles. The zero-order valence-corrected chi connectivity index (χ0v) is 18.6. The van der Waals surface area contributed by atoms with E-state index in [0.717, 1.165) is 12.1 Å². The minimum atomic E-state index is -0.460. The number of amides is 1. The van der Waals surface area contributed by atoms with Gasteiger partial charge in [-0.15, -0.1) is 0 Å².